The molecule has 0 atom stereocenters. The smallest absolute Gasteiger partial charge is 0.175 e. The van der Waals surface area contributed by atoms with Crippen LogP contribution in [0.3, 0.4) is 0 Å². The fraction of sp³-hybridized carbons (Fsp3) is 0.438. The van der Waals surface area contributed by atoms with Gasteiger partial charge in [0, 0.05) is 16.0 Å². The zero-order valence-electron chi connectivity index (χ0n) is 12.0. The zero-order valence-corrected chi connectivity index (χ0v) is 13.5. The van der Waals surface area contributed by atoms with E-state index in [1.54, 1.807) is 6.07 Å². The minimum absolute atomic E-state index is 0.0307. The average molecular weight is 325 g/mol. The van der Waals surface area contributed by atoms with Crippen molar-refractivity contribution in [2.45, 2.75) is 44.4 Å². The molecule has 0 spiro atoms. The number of anilines is 1. The highest BCUT2D eigenvalue weighted by molar-refractivity contribution is 6.36. The number of aromatic nitrogens is 1. The molecule has 5 heteroatoms. The molecule has 21 heavy (non-hydrogen) atoms. The second-order valence-corrected chi connectivity index (χ2v) is 6.58. The van der Waals surface area contributed by atoms with Crippen LogP contribution in [-0.4, -0.2) is 5.16 Å². The lowest BCUT2D eigenvalue weighted by molar-refractivity contribution is 0.284. The van der Waals surface area contributed by atoms with Gasteiger partial charge in [-0.05, 0) is 31.4 Å². The number of halogens is 2. The predicted molar refractivity (Wildman–Crippen MR) is 86.8 cm³/mol. The first-order valence-corrected chi connectivity index (χ1v) is 8.04. The molecule has 3 rings (SSSR count). The van der Waals surface area contributed by atoms with Crippen molar-refractivity contribution in [2.24, 2.45) is 0 Å². The van der Waals surface area contributed by atoms with Crippen LogP contribution in [0.5, 0.6) is 0 Å². The van der Waals surface area contributed by atoms with Crippen molar-refractivity contribution in [3.8, 4) is 11.1 Å². The summed E-state index contributed by atoms with van der Waals surface area (Å²) in [7, 11) is 0. The fourth-order valence-electron chi connectivity index (χ4n) is 3.41. The van der Waals surface area contributed by atoms with Crippen molar-refractivity contribution < 1.29 is 4.52 Å². The van der Waals surface area contributed by atoms with Gasteiger partial charge < -0.3 is 10.3 Å². The zero-order chi connectivity index (χ0) is 15.0. The van der Waals surface area contributed by atoms with E-state index in [1.807, 2.05) is 12.1 Å². The maximum atomic E-state index is 6.35. The SMILES string of the molecule is CCC1(c2onc(N)c2-c2ccc(Cl)cc2Cl)CCCC1. The molecule has 1 aromatic heterocycles. The van der Waals surface area contributed by atoms with E-state index >= 15 is 0 Å². The molecule has 0 saturated heterocycles. The van der Waals surface area contributed by atoms with Crippen LogP contribution in [-0.2, 0) is 5.41 Å². The number of hydrogen-bond donors (Lipinski definition) is 1. The molecule has 1 saturated carbocycles. The number of nitrogens with two attached hydrogens (primary N) is 1. The second kappa shape index (κ2) is 5.54. The Morgan fingerprint density at radius 2 is 2.00 bits per heavy atom. The molecule has 0 bridgehead atoms. The Bertz CT molecular complexity index is 660. The van der Waals surface area contributed by atoms with E-state index in [-0.39, 0.29) is 5.41 Å². The summed E-state index contributed by atoms with van der Waals surface area (Å²) in [6, 6.07) is 5.42. The Morgan fingerprint density at radius 3 is 2.62 bits per heavy atom. The van der Waals surface area contributed by atoms with Gasteiger partial charge in [0.05, 0.1) is 10.6 Å². The van der Waals surface area contributed by atoms with Crippen LogP contribution in [0.2, 0.25) is 10.0 Å². The molecule has 2 aromatic rings. The summed E-state index contributed by atoms with van der Waals surface area (Å²) in [5.74, 6) is 1.28. The van der Waals surface area contributed by atoms with E-state index in [4.69, 9.17) is 33.5 Å². The monoisotopic (exact) mass is 324 g/mol. The van der Waals surface area contributed by atoms with Crippen molar-refractivity contribution in [3.63, 3.8) is 0 Å². The molecule has 1 aliphatic carbocycles. The first-order chi connectivity index (χ1) is 10.1. The molecule has 1 heterocycles. The van der Waals surface area contributed by atoms with Crippen molar-refractivity contribution in [3.05, 3.63) is 34.0 Å². The topological polar surface area (TPSA) is 52.0 Å². The fourth-order valence-corrected chi connectivity index (χ4v) is 3.91. The van der Waals surface area contributed by atoms with Crippen LogP contribution in [0.15, 0.2) is 22.7 Å². The van der Waals surface area contributed by atoms with Gasteiger partial charge in [-0.1, -0.05) is 54.2 Å². The molecular formula is C16H18Cl2N2O. The molecule has 112 valence electrons. The first-order valence-electron chi connectivity index (χ1n) is 7.28. The Hall–Kier alpha value is -1.19. The summed E-state index contributed by atoms with van der Waals surface area (Å²) in [6.45, 7) is 2.19. The maximum absolute atomic E-state index is 6.35. The summed E-state index contributed by atoms with van der Waals surface area (Å²) in [4.78, 5) is 0. The Balaban J connectivity index is 2.17. The molecule has 3 nitrogen and oxygen atoms in total. The predicted octanol–water partition coefficient (Wildman–Crippen LogP) is 5.45. The molecule has 2 N–H and O–H groups in total. The summed E-state index contributed by atoms with van der Waals surface area (Å²) in [5.41, 5.74) is 7.77. The Morgan fingerprint density at radius 1 is 1.29 bits per heavy atom. The van der Waals surface area contributed by atoms with E-state index in [2.05, 4.69) is 12.1 Å². The third-order valence-corrected chi connectivity index (χ3v) is 5.19. The summed E-state index contributed by atoms with van der Waals surface area (Å²) < 4.78 is 5.65. The van der Waals surface area contributed by atoms with E-state index in [9.17, 15) is 0 Å². The van der Waals surface area contributed by atoms with Crippen molar-refractivity contribution in [1.82, 2.24) is 5.16 Å². The number of nitrogens with zero attached hydrogens (tertiary/aromatic N) is 1. The number of hydrogen-bond acceptors (Lipinski definition) is 3. The maximum Gasteiger partial charge on any atom is 0.175 e. The molecular weight excluding hydrogens is 307 g/mol. The van der Waals surface area contributed by atoms with Gasteiger partial charge in [-0.15, -0.1) is 0 Å². The van der Waals surface area contributed by atoms with Crippen LogP contribution < -0.4 is 5.73 Å². The highest BCUT2D eigenvalue weighted by atomic mass is 35.5. The molecule has 0 amide bonds. The molecule has 1 fully saturated rings. The number of benzene rings is 1. The van der Waals surface area contributed by atoms with E-state index in [0.717, 1.165) is 36.1 Å². The van der Waals surface area contributed by atoms with Gasteiger partial charge in [-0.25, -0.2) is 0 Å². The average Bonchev–Trinajstić information content (AvgIpc) is 3.07. The largest absolute Gasteiger partial charge is 0.380 e. The van der Waals surface area contributed by atoms with Crippen molar-refractivity contribution >= 4 is 29.0 Å². The Labute approximate surface area is 134 Å². The lowest BCUT2D eigenvalue weighted by atomic mass is 9.78. The van der Waals surface area contributed by atoms with Crippen molar-refractivity contribution in [1.29, 1.82) is 0 Å². The van der Waals surface area contributed by atoms with Crippen molar-refractivity contribution in [2.75, 3.05) is 5.73 Å². The van der Waals surface area contributed by atoms with E-state index in [0.29, 0.717) is 15.9 Å². The third kappa shape index (κ3) is 2.43. The lowest BCUT2D eigenvalue weighted by Crippen LogP contribution is -2.21. The molecule has 1 aliphatic rings. The van der Waals surface area contributed by atoms with Crippen LogP contribution in [0.25, 0.3) is 11.1 Å². The van der Waals surface area contributed by atoms with Crippen LogP contribution in [0.4, 0.5) is 5.82 Å². The van der Waals surface area contributed by atoms with Crippen LogP contribution >= 0.6 is 23.2 Å². The van der Waals surface area contributed by atoms with Gasteiger partial charge in [0.1, 0.15) is 0 Å². The molecule has 0 aliphatic heterocycles. The molecule has 0 unspecified atom stereocenters. The quantitative estimate of drug-likeness (QED) is 0.816. The van der Waals surface area contributed by atoms with E-state index < -0.39 is 0 Å². The van der Waals surface area contributed by atoms with Gasteiger partial charge in [-0.3, -0.25) is 0 Å². The second-order valence-electron chi connectivity index (χ2n) is 5.74. The lowest BCUT2D eigenvalue weighted by Gasteiger charge is -2.25. The highest BCUT2D eigenvalue weighted by Crippen LogP contribution is 2.49. The standard InChI is InChI=1S/C16H18Cl2N2O/c1-2-16(7-3-4-8-16)14-13(15(19)20-21-14)11-6-5-10(17)9-12(11)18/h5-6,9H,2-4,7-8H2,1H3,(H2,19,20). The van der Waals surface area contributed by atoms with Crippen LogP contribution in [0.1, 0.15) is 44.8 Å². The third-order valence-electron chi connectivity index (χ3n) is 4.64. The van der Waals surface area contributed by atoms with Gasteiger partial charge in [0.15, 0.2) is 11.6 Å². The minimum atomic E-state index is 0.0307. The number of nitrogen functional groups attached to an aromatic ring is 1. The summed E-state index contributed by atoms with van der Waals surface area (Å²) >= 11 is 12.3. The van der Waals surface area contributed by atoms with Gasteiger partial charge >= 0.3 is 0 Å². The molecule has 0 radical (unpaired) electrons. The first kappa shape index (κ1) is 14.7. The van der Waals surface area contributed by atoms with Gasteiger partial charge in [-0.2, -0.15) is 0 Å². The minimum Gasteiger partial charge on any atom is -0.380 e. The summed E-state index contributed by atoms with van der Waals surface area (Å²) in [5, 5.41) is 5.18. The summed E-state index contributed by atoms with van der Waals surface area (Å²) in [6.07, 6.45) is 5.65. The highest BCUT2D eigenvalue weighted by Gasteiger charge is 2.40. The Kier molecular flexibility index (Phi) is 3.89. The van der Waals surface area contributed by atoms with Crippen LogP contribution in [0, 0.1) is 0 Å². The van der Waals surface area contributed by atoms with Gasteiger partial charge in [0.2, 0.25) is 0 Å². The van der Waals surface area contributed by atoms with Gasteiger partial charge in [0.25, 0.3) is 0 Å². The van der Waals surface area contributed by atoms with E-state index in [1.165, 1.54) is 12.8 Å². The molecule has 1 aromatic carbocycles. The normalized spacial score (nSPS) is 17.3. The number of rotatable bonds is 3.